The van der Waals surface area contributed by atoms with Crippen LogP contribution < -0.4 is 0 Å². The van der Waals surface area contributed by atoms with Gasteiger partial charge in [-0.2, -0.15) is 0 Å². The van der Waals surface area contributed by atoms with E-state index in [1.54, 1.807) is 17.0 Å². The van der Waals surface area contributed by atoms with E-state index in [0.717, 1.165) is 44.3 Å². The zero-order chi connectivity index (χ0) is 20.3. The fourth-order valence-corrected chi connectivity index (χ4v) is 4.05. The van der Waals surface area contributed by atoms with E-state index in [9.17, 15) is 13.2 Å². The molecule has 1 aromatic heterocycles. The standard InChI is InChI=1S/C19H22Cl2N2O4S/c1-28(25,26)18-7-6-17(27-18)19(24)23(11-10-22-8-2-3-9-22)13-14-4-5-15(20)16(21)12-14/h4-7,12H,2-3,8-11,13H2,1H3. The van der Waals surface area contributed by atoms with Crippen LogP contribution in [-0.2, 0) is 16.4 Å². The molecule has 1 amide bonds. The molecule has 1 aromatic carbocycles. The lowest BCUT2D eigenvalue weighted by Gasteiger charge is -2.25. The van der Waals surface area contributed by atoms with E-state index in [1.165, 1.54) is 12.1 Å². The summed E-state index contributed by atoms with van der Waals surface area (Å²) in [6.07, 6.45) is 3.37. The lowest BCUT2D eigenvalue weighted by Crippen LogP contribution is -2.37. The number of hydrogen-bond donors (Lipinski definition) is 0. The van der Waals surface area contributed by atoms with Gasteiger partial charge in [-0.25, -0.2) is 8.42 Å². The van der Waals surface area contributed by atoms with Gasteiger partial charge in [0.05, 0.1) is 10.0 Å². The van der Waals surface area contributed by atoms with Crippen LogP contribution in [0, 0.1) is 0 Å². The number of nitrogens with zero attached hydrogens (tertiary/aromatic N) is 2. The molecule has 6 nitrogen and oxygen atoms in total. The lowest BCUT2D eigenvalue weighted by atomic mass is 10.2. The summed E-state index contributed by atoms with van der Waals surface area (Å²) < 4.78 is 28.6. The normalized spacial score (nSPS) is 15.1. The molecule has 0 saturated carbocycles. The Bertz CT molecular complexity index is 953. The minimum atomic E-state index is -3.51. The van der Waals surface area contributed by atoms with Crippen molar-refractivity contribution in [2.45, 2.75) is 24.5 Å². The number of benzene rings is 1. The molecule has 0 unspecified atom stereocenters. The van der Waals surface area contributed by atoms with Crippen molar-refractivity contribution in [1.82, 2.24) is 9.80 Å². The molecule has 152 valence electrons. The Balaban J connectivity index is 1.80. The first-order valence-electron chi connectivity index (χ1n) is 8.99. The topological polar surface area (TPSA) is 70.8 Å². The van der Waals surface area contributed by atoms with Crippen molar-refractivity contribution in [3.63, 3.8) is 0 Å². The third-order valence-electron chi connectivity index (χ3n) is 4.69. The molecule has 28 heavy (non-hydrogen) atoms. The van der Waals surface area contributed by atoms with Crippen LogP contribution in [0.3, 0.4) is 0 Å². The van der Waals surface area contributed by atoms with Crippen molar-refractivity contribution >= 4 is 38.9 Å². The summed E-state index contributed by atoms with van der Waals surface area (Å²) in [6.45, 7) is 3.60. The van der Waals surface area contributed by atoms with Gasteiger partial charge >= 0.3 is 0 Å². The highest BCUT2D eigenvalue weighted by Gasteiger charge is 2.23. The fourth-order valence-electron chi connectivity index (χ4n) is 3.17. The number of furan rings is 1. The minimum absolute atomic E-state index is 0.00177. The Morgan fingerprint density at radius 2 is 1.86 bits per heavy atom. The quantitative estimate of drug-likeness (QED) is 0.650. The first-order valence-corrected chi connectivity index (χ1v) is 11.6. The van der Waals surface area contributed by atoms with Gasteiger partial charge in [-0.05, 0) is 55.8 Å². The van der Waals surface area contributed by atoms with E-state index >= 15 is 0 Å². The Hall–Kier alpha value is -1.54. The molecule has 2 aromatic rings. The second kappa shape index (κ2) is 8.86. The van der Waals surface area contributed by atoms with Crippen molar-refractivity contribution in [3.8, 4) is 0 Å². The van der Waals surface area contributed by atoms with Crippen molar-refractivity contribution in [3.05, 3.63) is 51.7 Å². The van der Waals surface area contributed by atoms with E-state index in [1.807, 2.05) is 6.07 Å². The monoisotopic (exact) mass is 444 g/mol. The highest BCUT2D eigenvalue weighted by molar-refractivity contribution is 7.90. The molecule has 1 aliphatic rings. The zero-order valence-corrected chi connectivity index (χ0v) is 17.9. The van der Waals surface area contributed by atoms with E-state index in [0.29, 0.717) is 23.1 Å². The predicted molar refractivity (Wildman–Crippen MR) is 109 cm³/mol. The second-order valence-electron chi connectivity index (χ2n) is 6.91. The van der Waals surface area contributed by atoms with Crippen molar-refractivity contribution < 1.29 is 17.6 Å². The minimum Gasteiger partial charge on any atom is -0.440 e. The molecule has 0 radical (unpaired) electrons. The van der Waals surface area contributed by atoms with Gasteiger partial charge in [-0.1, -0.05) is 29.3 Å². The van der Waals surface area contributed by atoms with Crippen LogP contribution in [0.2, 0.25) is 10.0 Å². The van der Waals surface area contributed by atoms with Gasteiger partial charge in [0.1, 0.15) is 0 Å². The lowest BCUT2D eigenvalue weighted by molar-refractivity contribution is 0.0689. The number of amides is 1. The smallest absolute Gasteiger partial charge is 0.289 e. The molecule has 1 aliphatic heterocycles. The van der Waals surface area contributed by atoms with Crippen LogP contribution in [0.5, 0.6) is 0 Å². The van der Waals surface area contributed by atoms with Gasteiger partial charge in [0, 0.05) is 25.9 Å². The van der Waals surface area contributed by atoms with Crippen LogP contribution >= 0.6 is 23.2 Å². The Morgan fingerprint density at radius 1 is 1.14 bits per heavy atom. The highest BCUT2D eigenvalue weighted by atomic mass is 35.5. The number of sulfone groups is 1. The van der Waals surface area contributed by atoms with Crippen molar-refractivity contribution in [2.24, 2.45) is 0 Å². The van der Waals surface area contributed by atoms with E-state index in [-0.39, 0.29) is 16.8 Å². The predicted octanol–water partition coefficient (Wildman–Crippen LogP) is 3.73. The number of halogens is 2. The Morgan fingerprint density at radius 3 is 2.46 bits per heavy atom. The fraction of sp³-hybridized carbons (Fsp3) is 0.421. The summed E-state index contributed by atoms with van der Waals surface area (Å²) in [5.74, 6) is -0.359. The summed E-state index contributed by atoms with van der Waals surface area (Å²) >= 11 is 12.1. The summed E-state index contributed by atoms with van der Waals surface area (Å²) in [5, 5.41) is 0.650. The first kappa shape index (κ1) is 21.2. The van der Waals surface area contributed by atoms with Crippen LogP contribution in [0.25, 0.3) is 0 Å². The molecule has 0 spiro atoms. The number of hydrogen-bond acceptors (Lipinski definition) is 5. The van der Waals surface area contributed by atoms with Crippen molar-refractivity contribution in [1.29, 1.82) is 0 Å². The summed E-state index contributed by atoms with van der Waals surface area (Å²) in [6, 6.07) is 7.94. The maximum absolute atomic E-state index is 13.0. The average Bonchev–Trinajstić information content (AvgIpc) is 3.32. The van der Waals surface area contributed by atoms with E-state index in [2.05, 4.69) is 4.90 Å². The molecule has 0 atom stereocenters. The zero-order valence-electron chi connectivity index (χ0n) is 15.5. The molecular formula is C19H22Cl2N2O4S. The summed E-state index contributed by atoms with van der Waals surface area (Å²) in [5.41, 5.74) is 0.832. The van der Waals surface area contributed by atoms with Crippen molar-refractivity contribution in [2.75, 3.05) is 32.4 Å². The molecule has 3 rings (SSSR count). The second-order valence-corrected chi connectivity index (χ2v) is 9.68. The third kappa shape index (κ3) is 5.29. The number of likely N-dealkylation sites (tertiary alicyclic amines) is 1. The molecule has 0 N–H and O–H groups in total. The van der Waals surface area contributed by atoms with Gasteiger partial charge in [0.15, 0.2) is 5.76 Å². The Labute approximate surface area is 174 Å². The van der Waals surface area contributed by atoms with Crippen LogP contribution in [0.1, 0.15) is 29.0 Å². The van der Waals surface area contributed by atoms with Gasteiger partial charge < -0.3 is 14.2 Å². The third-order valence-corrected chi connectivity index (χ3v) is 6.38. The maximum atomic E-state index is 13.0. The van der Waals surface area contributed by atoms with Crippen LogP contribution in [0.4, 0.5) is 0 Å². The molecule has 9 heteroatoms. The molecule has 1 fully saturated rings. The van der Waals surface area contributed by atoms with Gasteiger partial charge in [0.25, 0.3) is 5.91 Å². The highest BCUT2D eigenvalue weighted by Crippen LogP contribution is 2.24. The molecule has 0 aliphatic carbocycles. The summed E-state index contributed by atoms with van der Waals surface area (Å²) in [4.78, 5) is 17.0. The Kier molecular flexibility index (Phi) is 6.70. The number of rotatable bonds is 7. The van der Waals surface area contributed by atoms with Crippen LogP contribution in [0.15, 0.2) is 39.8 Å². The number of carbonyl (C=O) groups is 1. The van der Waals surface area contributed by atoms with Gasteiger partial charge in [-0.3, -0.25) is 4.79 Å². The van der Waals surface area contributed by atoms with Gasteiger partial charge in [-0.15, -0.1) is 0 Å². The molecule has 1 saturated heterocycles. The maximum Gasteiger partial charge on any atom is 0.289 e. The van der Waals surface area contributed by atoms with Gasteiger partial charge in [0.2, 0.25) is 14.9 Å². The number of carbonyl (C=O) groups excluding carboxylic acids is 1. The van der Waals surface area contributed by atoms with E-state index < -0.39 is 9.84 Å². The summed E-state index contributed by atoms with van der Waals surface area (Å²) in [7, 11) is -3.51. The largest absolute Gasteiger partial charge is 0.440 e. The van der Waals surface area contributed by atoms with Crippen LogP contribution in [-0.4, -0.2) is 56.6 Å². The molecular weight excluding hydrogens is 423 g/mol. The first-order chi connectivity index (χ1) is 13.2. The average molecular weight is 445 g/mol. The molecule has 2 heterocycles. The van der Waals surface area contributed by atoms with E-state index in [4.69, 9.17) is 27.6 Å². The SMILES string of the molecule is CS(=O)(=O)c1ccc(C(=O)N(CCN2CCCC2)Cc2ccc(Cl)c(Cl)c2)o1. The molecule has 0 bridgehead atoms.